The largest absolute Gasteiger partial charge is 0.356 e. The zero-order chi connectivity index (χ0) is 17.1. The summed E-state index contributed by atoms with van der Waals surface area (Å²) >= 11 is 0. The third-order valence-corrected chi connectivity index (χ3v) is 6.04. The van der Waals surface area contributed by atoms with E-state index in [1.54, 1.807) is 11.4 Å². The van der Waals surface area contributed by atoms with Gasteiger partial charge in [-0.1, -0.05) is 39.5 Å². The summed E-state index contributed by atoms with van der Waals surface area (Å²) in [4.78, 5) is 4.17. The lowest BCUT2D eigenvalue weighted by Gasteiger charge is -2.16. The molecule has 24 heavy (non-hydrogen) atoms. The highest BCUT2D eigenvalue weighted by atomic mass is 127. The van der Waals surface area contributed by atoms with E-state index in [4.69, 9.17) is 0 Å². The Labute approximate surface area is 165 Å². The molecule has 8 heteroatoms. The van der Waals surface area contributed by atoms with Gasteiger partial charge in [0.05, 0.1) is 5.75 Å². The first-order valence-electron chi connectivity index (χ1n) is 8.88. The van der Waals surface area contributed by atoms with Crippen molar-refractivity contribution in [3.05, 3.63) is 0 Å². The maximum Gasteiger partial charge on any atom is 0.214 e. The molecule has 1 aliphatic heterocycles. The lowest BCUT2D eigenvalue weighted by atomic mass is 10.0. The number of unbranched alkanes of at least 4 members (excludes halogenated alkanes) is 3. The molecule has 1 fully saturated rings. The van der Waals surface area contributed by atoms with Crippen LogP contribution < -0.4 is 10.6 Å². The van der Waals surface area contributed by atoms with E-state index in [2.05, 4.69) is 29.5 Å². The van der Waals surface area contributed by atoms with E-state index < -0.39 is 10.0 Å². The standard InChI is InChI=1S/C16H34N4O2S.HI/c1-15(2)9-6-4-5-7-10-18-16(17-3)19-11-13-20-12-8-14-23(20,21)22;/h15H,4-14H2,1-3H3,(H2,17,18,19);1H. The van der Waals surface area contributed by atoms with Crippen LogP contribution in [0, 0.1) is 5.92 Å². The SMILES string of the molecule is CN=C(NCCCCCCC(C)C)NCCN1CCCS1(=O)=O.I. The number of nitrogens with zero attached hydrogens (tertiary/aromatic N) is 2. The molecule has 2 N–H and O–H groups in total. The average molecular weight is 474 g/mol. The molecule has 0 aromatic rings. The van der Waals surface area contributed by atoms with Gasteiger partial charge in [-0.05, 0) is 18.8 Å². The van der Waals surface area contributed by atoms with E-state index >= 15 is 0 Å². The van der Waals surface area contributed by atoms with Crippen molar-refractivity contribution in [1.82, 2.24) is 14.9 Å². The van der Waals surface area contributed by atoms with Crippen molar-refractivity contribution in [2.45, 2.75) is 52.4 Å². The first-order valence-corrected chi connectivity index (χ1v) is 10.5. The van der Waals surface area contributed by atoms with Crippen molar-refractivity contribution in [3.8, 4) is 0 Å². The Balaban J connectivity index is 0.00000529. The highest BCUT2D eigenvalue weighted by Gasteiger charge is 2.27. The normalized spacial score (nSPS) is 17.8. The second-order valence-corrected chi connectivity index (χ2v) is 8.68. The zero-order valence-electron chi connectivity index (χ0n) is 15.4. The van der Waals surface area contributed by atoms with Crippen LogP contribution in [0.25, 0.3) is 0 Å². The van der Waals surface area contributed by atoms with Gasteiger partial charge in [0.2, 0.25) is 10.0 Å². The van der Waals surface area contributed by atoms with Crippen molar-refractivity contribution in [3.63, 3.8) is 0 Å². The Bertz CT molecular complexity index is 455. The van der Waals surface area contributed by atoms with Gasteiger partial charge in [-0.15, -0.1) is 24.0 Å². The van der Waals surface area contributed by atoms with Crippen molar-refractivity contribution in [1.29, 1.82) is 0 Å². The number of sulfonamides is 1. The first kappa shape index (κ1) is 23.9. The zero-order valence-corrected chi connectivity index (χ0v) is 18.5. The lowest BCUT2D eigenvalue weighted by Crippen LogP contribution is -2.42. The summed E-state index contributed by atoms with van der Waals surface area (Å²) in [5.41, 5.74) is 0. The lowest BCUT2D eigenvalue weighted by molar-refractivity contribution is 0.445. The van der Waals surface area contributed by atoms with Gasteiger partial charge in [-0.2, -0.15) is 0 Å². The fraction of sp³-hybridized carbons (Fsp3) is 0.938. The fourth-order valence-electron chi connectivity index (χ4n) is 2.70. The Morgan fingerprint density at radius 2 is 1.79 bits per heavy atom. The van der Waals surface area contributed by atoms with Crippen LogP contribution in [0.1, 0.15) is 52.4 Å². The maximum atomic E-state index is 11.7. The number of aliphatic imine (C=N–C) groups is 1. The highest BCUT2D eigenvalue weighted by Crippen LogP contribution is 2.11. The summed E-state index contributed by atoms with van der Waals surface area (Å²) in [5.74, 6) is 1.84. The van der Waals surface area contributed by atoms with Crippen LogP contribution in [-0.2, 0) is 10.0 Å². The van der Waals surface area contributed by atoms with E-state index in [-0.39, 0.29) is 29.7 Å². The van der Waals surface area contributed by atoms with Crippen molar-refractivity contribution < 1.29 is 8.42 Å². The predicted octanol–water partition coefficient (Wildman–Crippen LogP) is 2.41. The third-order valence-electron chi connectivity index (χ3n) is 4.08. The summed E-state index contributed by atoms with van der Waals surface area (Å²) in [5, 5.41) is 6.47. The third kappa shape index (κ3) is 10.0. The molecule has 1 rings (SSSR count). The molecule has 6 nitrogen and oxygen atoms in total. The van der Waals surface area contributed by atoms with Gasteiger partial charge in [0.15, 0.2) is 5.96 Å². The first-order chi connectivity index (χ1) is 11.0. The van der Waals surface area contributed by atoms with E-state index in [9.17, 15) is 8.42 Å². The quantitative estimate of drug-likeness (QED) is 0.221. The van der Waals surface area contributed by atoms with E-state index in [0.717, 1.165) is 31.3 Å². The van der Waals surface area contributed by atoms with Crippen molar-refractivity contribution in [2.24, 2.45) is 10.9 Å². The van der Waals surface area contributed by atoms with Crippen LogP contribution in [0.4, 0.5) is 0 Å². The number of hydrogen-bond donors (Lipinski definition) is 2. The Morgan fingerprint density at radius 3 is 2.38 bits per heavy atom. The fourth-order valence-corrected chi connectivity index (χ4v) is 4.23. The minimum Gasteiger partial charge on any atom is -0.356 e. The van der Waals surface area contributed by atoms with E-state index in [1.165, 1.54) is 25.7 Å². The van der Waals surface area contributed by atoms with Gasteiger partial charge in [0.1, 0.15) is 0 Å². The molecule has 0 unspecified atom stereocenters. The smallest absolute Gasteiger partial charge is 0.214 e. The summed E-state index contributed by atoms with van der Waals surface area (Å²) in [7, 11) is -1.25. The molecule has 1 heterocycles. The summed E-state index contributed by atoms with van der Waals surface area (Å²) in [6.07, 6.45) is 7.04. The molecule has 0 aromatic heterocycles. The Morgan fingerprint density at radius 1 is 1.12 bits per heavy atom. The molecule has 0 atom stereocenters. The molecule has 0 aromatic carbocycles. The second-order valence-electron chi connectivity index (χ2n) is 6.59. The van der Waals surface area contributed by atoms with Gasteiger partial charge in [-0.3, -0.25) is 4.99 Å². The second kappa shape index (κ2) is 13.2. The number of hydrogen-bond acceptors (Lipinski definition) is 3. The average Bonchev–Trinajstić information content (AvgIpc) is 2.83. The topological polar surface area (TPSA) is 73.8 Å². The van der Waals surface area contributed by atoms with Crippen molar-refractivity contribution in [2.75, 3.05) is 39.0 Å². The van der Waals surface area contributed by atoms with Gasteiger partial charge in [0, 0.05) is 33.2 Å². The monoisotopic (exact) mass is 474 g/mol. The highest BCUT2D eigenvalue weighted by molar-refractivity contribution is 14.0. The van der Waals surface area contributed by atoms with E-state index in [0.29, 0.717) is 19.6 Å². The maximum absolute atomic E-state index is 11.7. The Hall–Kier alpha value is -0.0900. The minimum absolute atomic E-state index is 0. The minimum atomic E-state index is -2.99. The molecule has 0 saturated carbocycles. The van der Waals surface area contributed by atoms with Gasteiger partial charge in [-0.25, -0.2) is 12.7 Å². The number of nitrogens with one attached hydrogen (secondary N) is 2. The van der Waals surface area contributed by atoms with Crippen LogP contribution in [-0.4, -0.2) is 57.7 Å². The van der Waals surface area contributed by atoms with Gasteiger partial charge >= 0.3 is 0 Å². The molecule has 0 spiro atoms. The van der Waals surface area contributed by atoms with Crippen LogP contribution >= 0.6 is 24.0 Å². The summed E-state index contributed by atoms with van der Waals surface area (Å²) in [6.45, 7) is 7.19. The number of rotatable bonds is 10. The van der Waals surface area contributed by atoms with Crippen LogP contribution in [0.3, 0.4) is 0 Å². The van der Waals surface area contributed by atoms with Crippen LogP contribution in [0.2, 0.25) is 0 Å². The molecule has 144 valence electrons. The molecule has 1 aliphatic rings. The van der Waals surface area contributed by atoms with Crippen molar-refractivity contribution >= 4 is 40.0 Å². The summed E-state index contributed by atoms with van der Waals surface area (Å²) in [6, 6.07) is 0. The predicted molar refractivity (Wildman–Crippen MR) is 113 cm³/mol. The molecular weight excluding hydrogens is 439 g/mol. The van der Waals surface area contributed by atoms with E-state index in [1.807, 2.05) is 0 Å². The molecular formula is C16H35IN4O2S. The molecule has 0 amide bonds. The molecule has 1 saturated heterocycles. The molecule has 0 aliphatic carbocycles. The molecule has 0 radical (unpaired) electrons. The van der Waals surface area contributed by atoms with Gasteiger partial charge in [0.25, 0.3) is 0 Å². The number of guanidine groups is 1. The van der Waals surface area contributed by atoms with Crippen LogP contribution in [0.5, 0.6) is 0 Å². The van der Waals surface area contributed by atoms with Crippen LogP contribution in [0.15, 0.2) is 4.99 Å². The number of halogens is 1. The summed E-state index contributed by atoms with van der Waals surface area (Å²) < 4.78 is 25.0. The molecule has 0 bridgehead atoms. The Kier molecular flexibility index (Phi) is 13.1. The van der Waals surface area contributed by atoms with Gasteiger partial charge < -0.3 is 10.6 Å².